The molecule has 1 spiro atoms. The van der Waals surface area contributed by atoms with Crippen molar-refractivity contribution in [3.05, 3.63) is 0 Å². The zero-order chi connectivity index (χ0) is 14.6. The van der Waals surface area contributed by atoms with E-state index in [1.165, 1.54) is 62.9 Å². The molecule has 2 saturated heterocycles. The van der Waals surface area contributed by atoms with E-state index < -0.39 is 0 Å². The minimum atomic E-state index is 0.528. The quantitative estimate of drug-likeness (QED) is 0.702. The third-order valence-electron chi connectivity index (χ3n) is 6.41. The molecule has 20 heavy (non-hydrogen) atoms. The molecule has 2 nitrogen and oxygen atoms in total. The summed E-state index contributed by atoms with van der Waals surface area (Å²) in [5.74, 6) is 1.94. The maximum atomic E-state index is 2.75. The first-order valence-electron chi connectivity index (χ1n) is 8.72. The topological polar surface area (TPSA) is 3.24 Å². The van der Waals surface area contributed by atoms with Gasteiger partial charge < -0.3 is 9.38 Å². The molecule has 0 aromatic carbocycles. The fourth-order valence-corrected chi connectivity index (χ4v) is 5.27. The Hall–Kier alpha value is -0.0800. The number of nitrogens with zero attached hydrogens (tertiary/aromatic N) is 2. The predicted molar refractivity (Wildman–Crippen MR) is 85.6 cm³/mol. The Labute approximate surface area is 126 Å². The average molecular weight is 279 g/mol. The van der Waals surface area contributed by atoms with Gasteiger partial charge >= 0.3 is 0 Å². The van der Waals surface area contributed by atoms with Crippen LogP contribution in [0.4, 0.5) is 0 Å². The van der Waals surface area contributed by atoms with E-state index in [1.54, 1.807) is 0 Å². The molecule has 0 bridgehead atoms. The molecule has 1 aliphatic carbocycles. The van der Waals surface area contributed by atoms with Crippen LogP contribution in [0.25, 0.3) is 0 Å². The lowest BCUT2D eigenvalue weighted by molar-refractivity contribution is -0.938. The zero-order valence-electron chi connectivity index (χ0n) is 14.4. The first-order valence-corrected chi connectivity index (χ1v) is 8.72. The molecule has 3 fully saturated rings. The number of likely N-dealkylation sites (tertiary alicyclic amines) is 2. The molecule has 0 radical (unpaired) electrons. The van der Waals surface area contributed by atoms with Gasteiger partial charge in [-0.3, -0.25) is 0 Å². The highest BCUT2D eigenvalue weighted by Gasteiger charge is 2.48. The summed E-state index contributed by atoms with van der Waals surface area (Å²) >= 11 is 0. The van der Waals surface area contributed by atoms with Crippen LogP contribution < -0.4 is 0 Å². The molecule has 0 N–H and O–H groups in total. The molecule has 0 amide bonds. The van der Waals surface area contributed by atoms with E-state index in [0.717, 1.165) is 17.3 Å². The lowest BCUT2D eigenvalue weighted by Gasteiger charge is -2.57. The second-order valence-corrected chi connectivity index (χ2v) is 9.98. The van der Waals surface area contributed by atoms with Gasteiger partial charge in [0, 0.05) is 19.6 Å². The SMILES string of the molecule is CC(C)(C)C1CCC2(CC1)CN(CC1C[N+](C)(C)C1)C2. The maximum absolute atomic E-state index is 2.75. The van der Waals surface area contributed by atoms with E-state index in [1.807, 2.05) is 0 Å². The second-order valence-electron chi connectivity index (χ2n) is 9.98. The van der Waals surface area contributed by atoms with Gasteiger partial charge in [-0.2, -0.15) is 0 Å². The van der Waals surface area contributed by atoms with Crippen molar-refractivity contribution in [1.82, 2.24) is 4.90 Å². The summed E-state index contributed by atoms with van der Waals surface area (Å²) in [5.41, 5.74) is 1.26. The van der Waals surface area contributed by atoms with E-state index in [0.29, 0.717) is 5.41 Å². The first kappa shape index (κ1) is 14.8. The van der Waals surface area contributed by atoms with Crippen LogP contribution in [-0.2, 0) is 0 Å². The first-order chi connectivity index (χ1) is 9.18. The van der Waals surface area contributed by atoms with Gasteiger partial charge in [0.15, 0.2) is 0 Å². The zero-order valence-corrected chi connectivity index (χ0v) is 14.4. The minimum absolute atomic E-state index is 0.528. The van der Waals surface area contributed by atoms with Crippen LogP contribution in [0.15, 0.2) is 0 Å². The fraction of sp³-hybridized carbons (Fsp3) is 1.00. The largest absolute Gasteiger partial charge is 0.328 e. The van der Waals surface area contributed by atoms with Gasteiger partial charge in [0.2, 0.25) is 0 Å². The molecule has 2 heteroatoms. The summed E-state index contributed by atoms with van der Waals surface area (Å²) in [6.07, 6.45) is 5.95. The summed E-state index contributed by atoms with van der Waals surface area (Å²) in [5, 5.41) is 0. The van der Waals surface area contributed by atoms with E-state index in [-0.39, 0.29) is 0 Å². The van der Waals surface area contributed by atoms with E-state index >= 15 is 0 Å². The number of rotatable bonds is 2. The Morgan fingerprint density at radius 2 is 1.60 bits per heavy atom. The molecule has 0 atom stereocenters. The molecule has 0 aromatic heterocycles. The molecule has 3 aliphatic rings. The molecule has 0 aromatic rings. The normalized spacial score (nSPS) is 31.1. The molecule has 116 valence electrons. The Bertz CT molecular complexity index is 342. The van der Waals surface area contributed by atoms with Crippen LogP contribution in [0.3, 0.4) is 0 Å². The van der Waals surface area contributed by atoms with Crippen LogP contribution in [0, 0.1) is 22.7 Å². The molecule has 3 rings (SSSR count). The standard InChI is InChI=1S/C18H35N2/c1-17(2,3)16-6-8-18(9-7-16)13-19(14-18)10-15-11-20(4,5)12-15/h15-16H,6-14H2,1-5H3/q+1. The van der Waals surface area contributed by atoms with Crippen molar-refractivity contribution in [2.75, 3.05) is 46.8 Å². The summed E-state index contributed by atoms with van der Waals surface area (Å²) in [6, 6.07) is 0. The molecule has 0 unspecified atom stereocenters. The van der Waals surface area contributed by atoms with E-state index in [9.17, 15) is 0 Å². The summed E-state index contributed by atoms with van der Waals surface area (Å²) in [4.78, 5) is 2.75. The van der Waals surface area contributed by atoms with Gasteiger partial charge in [-0.05, 0) is 42.4 Å². The Balaban J connectivity index is 1.40. The third-order valence-corrected chi connectivity index (χ3v) is 6.41. The van der Waals surface area contributed by atoms with Crippen molar-refractivity contribution in [2.45, 2.75) is 46.5 Å². The second kappa shape index (κ2) is 4.71. The summed E-state index contributed by atoms with van der Waals surface area (Å²) < 4.78 is 1.25. The van der Waals surface area contributed by atoms with Crippen molar-refractivity contribution in [3.63, 3.8) is 0 Å². The van der Waals surface area contributed by atoms with Gasteiger partial charge in [0.25, 0.3) is 0 Å². The van der Waals surface area contributed by atoms with Crippen molar-refractivity contribution >= 4 is 0 Å². The Morgan fingerprint density at radius 1 is 1.05 bits per heavy atom. The average Bonchev–Trinajstić information content (AvgIpc) is 2.23. The molecule has 2 aliphatic heterocycles. The van der Waals surface area contributed by atoms with Gasteiger partial charge in [0.05, 0.1) is 33.1 Å². The minimum Gasteiger partial charge on any atom is -0.328 e. The highest BCUT2D eigenvalue weighted by Crippen LogP contribution is 2.49. The predicted octanol–water partition coefficient (Wildman–Crippen LogP) is 3.23. The van der Waals surface area contributed by atoms with E-state index in [4.69, 9.17) is 0 Å². The molecular weight excluding hydrogens is 244 g/mol. The lowest BCUT2D eigenvalue weighted by atomic mass is 9.61. The van der Waals surface area contributed by atoms with Gasteiger partial charge in [-0.25, -0.2) is 0 Å². The van der Waals surface area contributed by atoms with Crippen molar-refractivity contribution in [3.8, 4) is 0 Å². The van der Waals surface area contributed by atoms with Crippen molar-refractivity contribution in [2.24, 2.45) is 22.7 Å². The molecule has 1 saturated carbocycles. The van der Waals surface area contributed by atoms with Crippen LogP contribution in [0.5, 0.6) is 0 Å². The smallest absolute Gasteiger partial charge is 0.0878 e. The summed E-state index contributed by atoms with van der Waals surface area (Å²) in [7, 11) is 4.73. The van der Waals surface area contributed by atoms with Crippen LogP contribution in [0.2, 0.25) is 0 Å². The Kier molecular flexibility index (Phi) is 3.49. The van der Waals surface area contributed by atoms with Gasteiger partial charge in [0.1, 0.15) is 0 Å². The molecular formula is C18H35N2+. The highest BCUT2D eigenvalue weighted by atomic mass is 15.4. The van der Waals surface area contributed by atoms with Gasteiger partial charge in [-0.1, -0.05) is 20.8 Å². The Morgan fingerprint density at radius 3 is 2.05 bits per heavy atom. The van der Waals surface area contributed by atoms with Crippen molar-refractivity contribution < 1.29 is 4.48 Å². The number of quaternary nitrogens is 1. The van der Waals surface area contributed by atoms with Crippen LogP contribution in [0.1, 0.15) is 46.5 Å². The van der Waals surface area contributed by atoms with Gasteiger partial charge in [-0.15, -0.1) is 0 Å². The summed E-state index contributed by atoms with van der Waals surface area (Å²) in [6.45, 7) is 14.3. The lowest BCUT2D eigenvalue weighted by Crippen LogP contribution is -2.65. The monoisotopic (exact) mass is 279 g/mol. The number of hydrogen-bond donors (Lipinski definition) is 0. The third kappa shape index (κ3) is 2.92. The fourth-order valence-electron chi connectivity index (χ4n) is 5.27. The van der Waals surface area contributed by atoms with Crippen LogP contribution in [-0.4, -0.2) is 56.2 Å². The number of hydrogen-bond acceptors (Lipinski definition) is 1. The highest BCUT2D eigenvalue weighted by molar-refractivity contribution is 4.99. The van der Waals surface area contributed by atoms with Crippen molar-refractivity contribution in [1.29, 1.82) is 0 Å². The molecule has 2 heterocycles. The van der Waals surface area contributed by atoms with E-state index in [2.05, 4.69) is 39.8 Å². The van der Waals surface area contributed by atoms with Crippen LogP contribution >= 0.6 is 0 Å². The maximum Gasteiger partial charge on any atom is 0.0878 e.